The number of aromatic nitrogens is 5. The Bertz CT molecular complexity index is 945. The molecule has 0 saturated heterocycles. The highest BCUT2D eigenvalue weighted by atomic mass is 15.3. The molecule has 1 N–H and O–H groups in total. The molecule has 1 saturated carbocycles. The van der Waals surface area contributed by atoms with Crippen molar-refractivity contribution in [3.05, 3.63) is 31.0 Å². The van der Waals surface area contributed by atoms with E-state index in [1.54, 1.807) is 6.20 Å². The fraction of sp³-hybridized carbons (Fsp3) is 0.294. The first-order valence-electron chi connectivity index (χ1n) is 7.42. The Morgan fingerprint density at radius 3 is 3.09 bits per heavy atom. The summed E-state index contributed by atoms with van der Waals surface area (Å²) in [7, 11) is 0. The molecule has 6 heteroatoms. The van der Waals surface area contributed by atoms with Gasteiger partial charge in [0.15, 0.2) is 0 Å². The number of nitrogens with one attached hydrogen (secondary N) is 1. The summed E-state index contributed by atoms with van der Waals surface area (Å²) in [4.78, 5) is 11.7. The van der Waals surface area contributed by atoms with Crippen LogP contribution in [0.2, 0.25) is 0 Å². The van der Waals surface area contributed by atoms with Crippen LogP contribution >= 0.6 is 0 Å². The van der Waals surface area contributed by atoms with E-state index < -0.39 is 0 Å². The molecule has 0 aliphatic heterocycles. The molecular weight excluding hydrogens is 288 g/mol. The van der Waals surface area contributed by atoms with E-state index in [-0.39, 0.29) is 11.5 Å². The van der Waals surface area contributed by atoms with Crippen molar-refractivity contribution in [2.45, 2.75) is 24.8 Å². The summed E-state index contributed by atoms with van der Waals surface area (Å²) in [6, 6.07) is 4.26. The molecule has 23 heavy (non-hydrogen) atoms. The van der Waals surface area contributed by atoms with Crippen molar-refractivity contribution in [3.8, 4) is 29.7 Å². The smallest absolute Gasteiger partial charge is 0.141 e. The van der Waals surface area contributed by atoms with Gasteiger partial charge in [0.2, 0.25) is 0 Å². The minimum Gasteiger partial charge on any atom is -0.346 e. The molecular formula is C17H14N6. The molecule has 0 atom stereocenters. The third kappa shape index (κ3) is 2.00. The maximum Gasteiger partial charge on any atom is 0.141 e. The summed E-state index contributed by atoms with van der Waals surface area (Å²) in [6.07, 6.45) is 14.8. The predicted octanol–water partition coefficient (Wildman–Crippen LogP) is 2.47. The Kier molecular flexibility index (Phi) is 2.92. The minimum atomic E-state index is -0.238. The first-order valence-corrected chi connectivity index (χ1v) is 7.42. The monoisotopic (exact) mass is 302 g/mol. The van der Waals surface area contributed by atoms with Crippen molar-refractivity contribution in [2.75, 3.05) is 0 Å². The number of hydrogen-bond donors (Lipinski definition) is 1. The molecule has 0 unspecified atom stereocenters. The quantitative estimate of drug-likeness (QED) is 0.753. The summed E-state index contributed by atoms with van der Waals surface area (Å²) in [5.41, 5.74) is 2.33. The number of rotatable bonds is 3. The fourth-order valence-corrected chi connectivity index (χ4v) is 3.36. The van der Waals surface area contributed by atoms with Crippen LogP contribution < -0.4 is 0 Å². The van der Waals surface area contributed by atoms with E-state index in [0.29, 0.717) is 6.42 Å². The number of H-pyrrole nitrogens is 1. The van der Waals surface area contributed by atoms with Gasteiger partial charge in [-0.25, -0.2) is 9.97 Å². The zero-order valence-electron chi connectivity index (χ0n) is 12.4. The second-order valence-electron chi connectivity index (χ2n) is 5.98. The molecule has 0 spiro atoms. The van der Waals surface area contributed by atoms with Gasteiger partial charge in [-0.05, 0) is 18.9 Å². The number of nitriles is 1. The Morgan fingerprint density at radius 1 is 1.43 bits per heavy atom. The number of nitrogens with zero attached hydrogens (tertiary/aromatic N) is 5. The lowest BCUT2D eigenvalue weighted by molar-refractivity contribution is 0.0887. The van der Waals surface area contributed by atoms with Gasteiger partial charge in [-0.15, -0.1) is 12.3 Å². The van der Waals surface area contributed by atoms with Crippen LogP contribution in [0.1, 0.15) is 19.3 Å². The number of hydrogen-bond acceptors (Lipinski definition) is 4. The van der Waals surface area contributed by atoms with E-state index in [0.717, 1.165) is 35.1 Å². The molecule has 1 fully saturated rings. The van der Waals surface area contributed by atoms with Crippen LogP contribution in [0.25, 0.3) is 22.3 Å². The van der Waals surface area contributed by atoms with Gasteiger partial charge in [0.25, 0.3) is 0 Å². The SMILES string of the molecule is C#CCC1(n2cc(-c3ncnc4[nH]ccc34)cn2)CC(C#N)C1. The average molecular weight is 302 g/mol. The van der Waals surface area contributed by atoms with E-state index in [2.05, 4.69) is 32.0 Å². The largest absolute Gasteiger partial charge is 0.346 e. The van der Waals surface area contributed by atoms with Crippen LogP contribution in [0.5, 0.6) is 0 Å². The van der Waals surface area contributed by atoms with Gasteiger partial charge in [-0.2, -0.15) is 10.4 Å². The lowest BCUT2D eigenvalue weighted by atomic mass is 9.67. The second-order valence-corrected chi connectivity index (χ2v) is 5.98. The molecule has 0 aromatic carbocycles. The van der Waals surface area contributed by atoms with Crippen LogP contribution in [-0.2, 0) is 5.54 Å². The van der Waals surface area contributed by atoms with Crippen LogP contribution in [0.3, 0.4) is 0 Å². The van der Waals surface area contributed by atoms with Gasteiger partial charge < -0.3 is 4.98 Å². The molecule has 3 aromatic heterocycles. The van der Waals surface area contributed by atoms with Crippen molar-refractivity contribution >= 4 is 11.0 Å². The molecule has 112 valence electrons. The Hall–Kier alpha value is -3.12. The summed E-state index contributed by atoms with van der Waals surface area (Å²) >= 11 is 0. The van der Waals surface area contributed by atoms with Gasteiger partial charge in [0.1, 0.15) is 12.0 Å². The number of aromatic amines is 1. The van der Waals surface area contributed by atoms with Crippen molar-refractivity contribution in [3.63, 3.8) is 0 Å². The third-order valence-corrected chi connectivity index (χ3v) is 4.56. The van der Waals surface area contributed by atoms with Crippen LogP contribution in [0.4, 0.5) is 0 Å². The summed E-state index contributed by atoms with van der Waals surface area (Å²) in [5, 5.41) is 14.5. The summed E-state index contributed by atoms with van der Waals surface area (Å²) < 4.78 is 1.91. The minimum absolute atomic E-state index is 0.0615. The highest BCUT2D eigenvalue weighted by molar-refractivity contribution is 5.89. The molecule has 3 heterocycles. The topological polar surface area (TPSA) is 83.2 Å². The highest BCUT2D eigenvalue weighted by Gasteiger charge is 2.46. The highest BCUT2D eigenvalue weighted by Crippen LogP contribution is 2.46. The van der Waals surface area contributed by atoms with Crippen LogP contribution in [0, 0.1) is 29.6 Å². The Morgan fingerprint density at radius 2 is 2.30 bits per heavy atom. The molecule has 0 radical (unpaired) electrons. The van der Waals surface area contributed by atoms with E-state index in [4.69, 9.17) is 11.7 Å². The van der Waals surface area contributed by atoms with Crippen LogP contribution in [-0.4, -0.2) is 24.7 Å². The molecule has 6 nitrogen and oxygen atoms in total. The third-order valence-electron chi connectivity index (χ3n) is 4.56. The molecule has 0 amide bonds. The van der Waals surface area contributed by atoms with Crippen molar-refractivity contribution in [2.24, 2.45) is 5.92 Å². The Balaban J connectivity index is 1.74. The standard InChI is InChI=1S/C17H14N6/c1-2-4-17(6-12(7-17)8-18)23-10-13(9-22-23)15-14-3-5-19-16(14)21-11-20-15/h1,3,5,9-12H,4,6-7H2,(H,19,20,21). The lowest BCUT2D eigenvalue weighted by Gasteiger charge is -2.44. The van der Waals surface area contributed by atoms with E-state index >= 15 is 0 Å². The van der Waals surface area contributed by atoms with E-state index in [9.17, 15) is 0 Å². The maximum absolute atomic E-state index is 9.06. The maximum atomic E-state index is 9.06. The molecule has 4 rings (SSSR count). The zero-order valence-corrected chi connectivity index (χ0v) is 12.4. The fourth-order valence-electron chi connectivity index (χ4n) is 3.36. The van der Waals surface area contributed by atoms with Crippen molar-refractivity contribution in [1.29, 1.82) is 5.26 Å². The van der Waals surface area contributed by atoms with Gasteiger partial charge in [0, 0.05) is 29.8 Å². The molecule has 0 bridgehead atoms. The molecule has 3 aromatic rings. The zero-order chi connectivity index (χ0) is 15.9. The van der Waals surface area contributed by atoms with Crippen molar-refractivity contribution in [1.82, 2.24) is 24.7 Å². The first kappa shape index (κ1) is 13.5. The molecule has 1 aliphatic rings. The normalized spacial score (nSPS) is 23.1. The molecule has 1 aliphatic carbocycles. The van der Waals surface area contributed by atoms with Gasteiger partial charge in [-0.3, -0.25) is 4.68 Å². The van der Waals surface area contributed by atoms with Crippen molar-refractivity contribution < 1.29 is 0 Å². The number of terminal acetylenes is 1. The van der Waals surface area contributed by atoms with Crippen LogP contribution in [0.15, 0.2) is 31.0 Å². The summed E-state index contributed by atoms with van der Waals surface area (Å²) in [5.74, 6) is 2.79. The lowest BCUT2D eigenvalue weighted by Crippen LogP contribution is -2.46. The predicted molar refractivity (Wildman–Crippen MR) is 84.9 cm³/mol. The van der Waals surface area contributed by atoms with E-state index in [1.807, 2.05) is 23.1 Å². The Labute approximate surface area is 133 Å². The van der Waals surface area contributed by atoms with Gasteiger partial charge >= 0.3 is 0 Å². The van der Waals surface area contributed by atoms with E-state index in [1.165, 1.54) is 6.33 Å². The van der Waals surface area contributed by atoms with Gasteiger partial charge in [-0.1, -0.05) is 0 Å². The second kappa shape index (κ2) is 4.96. The first-order chi connectivity index (χ1) is 11.3. The van der Waals surface area contributed by atoms with Gasteiger partial charge in [0.05, 0.1) is 29.4 Å². The number of fused-ring (bicyclic) bond motifs is 1. The summed E-state index contributed by atoms with van der Waals surface area (Å²) in [6.45, 7) is 0. The average Bonchev–Trinajstić information content (AvgIpc) is 3.18.